The van der Waals surface area contributed by atoms with E-state index < -0.39 is 20.8 Å². The normalized spacial score (nSPS) is 11.8. The molecule has 0 fully saturated rings. The zero-order chi connectivity index (χ0) is 20.8. The number of hydrogen-bond acceptors (Lipinski definition) is 3. The molecule has 0 amide bonds. The summed E-state index contributed by atoms with van der Waals surface area (Å²) in [5.74, 6) is -0.572. The first-order chi connectivity index (χ1) is 12.6. The van der Waals surface area contributed by atoms with Crippen LogP contribution in [0.4, 0.5) is 4.39 Å². The zero-order valence-corrected chi connectivity index (χ0v) is 18.4. The molecule has 0 bridgehead atoms. The van der Waals surface area contributed by atoms with Crippen molar-refractivity contribution in [3.8, 4) is 0 Å². The highest BCUT2D eigenvalue weighted by Crippen LogP contribution is 2.11. The van der Waals surface area contributed by atoms with E-state index in [-0.39, 0.29) is 0 Å². The minimum Gasteiger partial charge on any atom is -0.744 e. The Balaban J connectivity index is 0.000000533. The largest absolute Gasteiger partial charge is 0.744 e. The molecule has 0 aliphatic rings. The summed E-state index contributed by atoms with van der Waals surface area (Å²) in [7, 11) is 2.42. The van der Waals surface area contributed by atoms with Crippen LogP contribution in [0, 0.1) is 5.82 Å². The van der Waals surface area contributed by atoms with Crippen LogP contribution < -0.4 is 0 Å². The van der Waals surface area contributed by atoms with Crippen LogP contribution >= 0.6 is 0 Å². The second kappa shape index (κ2) is 14.1. The Bertz CT molecular complexity index is 580. The number of quaternary nitrogens is 1. The van der Waals surface area contributed by atoms with E-state index in [0.717, 1.165) is 28.7 Å². The molecule has 6 heteroatoms. The van der Waals surface area contributed by atoms with Gasteiger partial charge >= 0.3 is 0 Å². The lowest BCUT2D eigenvalue weighted by atomic mass is 10.1. The molecule has 158 valence electrons. The third-order valence-corrected chi connectivity index (χ3v) is 5.13. The van der Waals surface area contributed by atoms with E-state index in [1.165, 1.54) is 70.8 Å². The molecule has 27 heavy (non-hydrogen) atoms. The van der Waals surface area contributed by atoms with Crippen molar-refractivity contribution in [1.82, 2.24) is 0 Å². The van der Waals surface area contributed by atoms with Crippen molar-refractivity contribution in [3.05, 3.63) is 30.1 Å². The van der Waals surface area contributed by atoms with Crippen LogP contribution in [0.25, 0.3) is 0 Å². The van der Waals surface area contributed by atoms with E-state index in [1.807, 2.05) is 0 Å². The van der Waals surface area contributed by atoms with Gasteiger partial charge in [-0.2, -0.15) is 0 Å². The minimum absolute atomic E-state index is 0.418. The first kappa shape index (κ1) is 26.0. The number of unbranched alkanes of at least 4 members (excludes halogenated alkanes) is 9. The van der Waals surface area contributed by atoms with Crippen molar-refractivity contribution in [2.45, 2.75) is 76.0 Å². The molecule has 1 aromatic carbocycles. The Labute approximate surface area is 166 Å². The quantitative estimate of drug-likeness (QED) is 0.269. The minimum atomic E-state index is -4.44. The lowest BCUT2D eigenvalue weighted by Crippen LogP contribution is -2.35. The summed E-state index contributed by atoms with van der Waals surface area (Å²) in [5.41, 5.74) is 0. The van der Waals surface area contributed by atoms with Gasteiger partial charge in [0.15, 0.2) is 0 Å². The summed E-state index contributed by atoms with van der Waals surface area (Å²) in [6.07, 6.45) is 14.4. The molecule has 0 atom stereocenters. The lowest BCUT2D eigenvalue weighted by molar-refractivity contribution is -0.870. The molecule has 0 N–H and O–H groups in total. The zero-order valence-electron chi connectivity index (χ0n) is 17.5. The smallest absolute Gasteiger partial charge is 0.124 e. The molecular formula is C21H38FNO3S. The second-order valence-electron chi connectivity index (χ2n) is 8.10. The Kier molecular flexibility index (Phi) is 13.6. The molecule has 0 unspecified atom stereocenters. The number of benzene rings is 1. The van der Waals surface area contributed by atoms with Crippen LogP contribution in [-0.2, 0) is 10.1 Å². The summed E-state index contributed by atoms with van der Waals surface area (Å²) in [4.78, 5) is -0.418. The van der Waals surface area contributed by atoms with Gasteiger partial charge in [0.25, 0.3) is 0 Å². The van der Waals surface area contributed by atoms with Crippen molar-refractivity contribution in [2.75, 3.05) is 27.7 Å². The summed E-state index contributed by atoms with van der Waals surface area (Å²) in [6, 6.07) is 3.70. The molecule has 4 nitrogen and oxygen atoms in total. The lowest BCUT2D eigenvalue weighted by Gasteiger charge is -2.23. The van der Waals surface area contributed by atoms with Crippen molar-refractivity contribution < 1.29 is 21.8 Å². The van der Waals surface area contributed by atoms with E-state index in [1.54, 1.807) is 0 Å². The third-order valence-electron chi connectivity index (χ3n) is 4.28. The van der Waals surface area contributed by atoms with Gasteiger partial charge in [0.05, 0.1) is 32.6 Å². The maximum Gasteiger partial charge on any atom is 0.124 e. The molecule has 0 saturated carbocycles. The highest BCUT2D eigenvalue weighted by molar-refractivity contribution is 7.85. The predicted molar refractivity (Wildman–Crippen MR) is 109 cm³/mol. The Morgan fingerprint density at radius 2 is 1.22 bits per heavy atom. The van der Waals surface area contributed by atoms with Gasteiger partial charge in [-0.25, -0.2) is 12.8 Å². The van der Waals surface area contributed by atoms with Gasteiger partial charge in [-0.05, 0) is 37.1 Å². The average molecular weight is 404 g/mol. The fourth-order valence-electron chi connectivity index (χ4n) is 2.67. The van der Waals surface area contributed by atoms with Crippen molar-refractivity contribution in [3.63, 3.8) is 0 Å². The number of rotatable bonds is 12. The van der Waals surface area contributed by atoms with Gasteiger partial charge in [-0.1, -0.05) is 58.3 Å². The van der Waals surface area contributed by atoms with Crippen molar-refractivity contribution in [2.24, 2.45) is 0 Å². The molecule has 0 heterocycles. The van der Waals surface area contributed by atoms with Gasteiger partial charge in [-0.15, -0.1) is 0 Å². The molecule has 1 aromatic rings. The Morgan fingerprint density at radius 1 is 0.815 bits per heavy atom. The molecule has 0 spiro atoms. The first-order valence-corrected chi connectivity index (χ1v) is 11.5. The van der Waals surface area contributed by atoms with E-state index in [9.17, 15) is 17.4 Å². The van der Waals surface area contributed by atoms with Crippen LogP contribution in [0.1, 0.15) is 71.1 Å². The molecule has 1 rings (SSSR count). The molecule has 0 radical (unpaired) electrons. The van der Waals surface area contributed by atoms with Crippen molar-refractivity contribution in [1.29, 1.82) is 0 Å². The van der Waals surface area contributed by atoms with Gasteiger partial charge in [-0.3, -0.25) is 0 Å². The van der Waals surface area contributed by atoms with E-state index in [0.29, 0.717) is 0 Å². The summed E-state index contributed by atoms with van der Waals surface area (Å²) >= 11 is 0. The summed E-state index contributed by atoms with van der Waals surface area (Å²) in [5, 5.41) is 0. The Hall–Kier alpha value is -0.980. The van der Waals surface area contributed by atoms with Crippen LogP contribution in [0.15, 0.2) is 29.2 Å². The molecule has 0 aliphatic carbocycles. The van der Waals surface area contributed by atoms with Gasteiger partial charge in [0.1, 0.15) is 15.9 Å². The van der Waals surface area contributed by atoms with E-state index in [2.05, 4.69) is 28.1 Å². The highest BCUT2D eigenvalue weighted by Gasteiger charge is 2.04. The van der Waals surface area contributed by atoms with Crippen LogP contribution in [0.2, 0.25) is 0 Å². The second-order valence-corrected chi connectivity index (χ2v) is 9.48. The maximum atomic E-state index is 12.2. The fraction of sp³-hybridized carbons (Fsp3) is 0.714. The van der Waals surface area contributed by atoms with Gasteiger partial charge < -0.3 is 9.04 Å². The monoisotopic (exact) mass is 403 g/mol. The fourth-order valence-corrected chi connectivity index (χ4v) is 3.14. The van der Waals surface area contributed by atoms with Crippen LogP contribution in [-0.4, -0.2) is 45.1 Å². The third kappa shape index (κ3) is 16.9. The SMILES string of the molecule is CCCCCCCCCCCC[N+](C)(C)C.O=S(=O)([O-])c1ccc(F)cc1. The van der Waals surface area contributed by atoms with Crippen LogP contribution in [0.3, 0.4) is 0 Å². The Morgan fingerprint density at radius 3 is 1.59 bits per heavy atom. The average Bonchev–Trinajstić information content (AvgIpc) is 2.56. The molecular weight excluding hydrogens is 365 g/mol. The van der Waals surface area contributed by atoms with Gasteiger partial charge in [0, 0.05) is 0 Å². The summed E-state index contributed by atoms with van der Waals surface area (Å²) < 4.78 is 44.1. The van der Waals surface area contributed by atoms with E-state index >= 15 is 0 Å². The highest BCUT2D eigenvalue weighted by atomic mass is 32.2. The number of halogens is 1. The van der Waals surface area contributed by atoms with E-state index in [4.69, 9.17) is 0 Å². The van der Waals surface area contributed by atoms with Crippen LogP contribution in [0.5, 0.6) is 0 Å². The molecule has 0 aliphatic heterocycles. The molecule has 0 aromatic heterocycles. The topological polar surface area (TPSA) is 57.2 Å². The summed E-state index contributed by atoms with van der Waals surface area (Å²) in [6.45, 7) is 3.62. The molecule has 0 saturated heterocycles. The van der Waals surface area contributed by atoms with Gasteiger partial charge in [0.2, 0.25) is 0 Å². The van der Waals surface area contributed by atoms with Crippen molar-refractivity contribution >= 4 is 10.1 Å². The number of nitrogens with zero attached hydrogens (tertiary/aromatic N) is 1. The standard InChI is InChI=1S/C15H34N.C6H5FO3S/c1-5-6-7-8-9-10-11-12-13-14-15-16(2,3)4;7-5-1-3-6(4-2-5)11(8,9)10/h5-15H2,1-4H3;1-4H,(H,8,9,10)/q+1;/p-1. The maximum absolute atomic E-state index is 12.2. The first-order valence-electron chi connectivity index (χ1n) is 10.1. The predicted octanol–water partition coefficient (Wildman–Crippen LogP) is 5.34. The number of hydrogen-bond donors (Lipinski definition) is 0.